The number of carbonyl (C=O) groups excluding carboxylic acids is 1. The van der Waals surface area contributed by atoms with Crippen molar-refractivity contribution in [1.82, 2.24) is 25.1 Å². The zero-order valence-electron chi connectivity index (χ0n) is 25.8. The van der Waals surface area contributed by atoms with Crippen LogP contribution in [0.25, 0.3) is 0 Å². The van der Waals surface area contributed by atoms with Crippen LogP contribution in [0.4, 0.5) is 13.2 Å². The summed E-state index contributed by atoms with van der Waals surface area (Å²) < 4.78 is 57.1. The van der Waals surface area contributed by atoms with Crippen LogP contribution in [0.1, 0.15) is 69.6 Å². The van der Waals surface area contributed by atoms with Crippen molar-refractivity contribution in [2.75, 3.05) is 46.1 Å². The molecule has 0 radical (unpaired) electrons. The predicted octanol–water partition coefficient (Wildman–Crippen LogP) is 3.70. The highest BCUT2D eigenvalue weighted by molar-refractivity contribution is 5.83. The largest absolute Gasteiger partial charge is 0.484 e. The lowest BCUT2D eigenvalue weighted by Crippen LogP contribution is -2.40. The van der Waals surface area contributed by atoms with Crippen molar-refractivity contribution in [2.24, 2.45) is 10.5 Å². The summed E-state index contributed by atoms with van der Waals surface area (Å²) in [4.78, 5) is 25.5. The van der Waals surface area contributed by atoms with E-state index < -0.39 is 29.5 Å². The van der Waals surface area contributed by atoms with E-state index in [0.29, 0.717) is 69.6 Å². The van der Waals surface area contributed by atoms with Crippen LogP contribution < -0.4 is 10.1 Å². The first-order valence-electron chi connectivity index (χ1n) is 15.1. The van der Waals surface area contributed by atoms with E-state index in [1.54, 1.807) is 0 Å². The molecule has 2 aliphatic rings. The number of carboxylic acids is 1. The Kier molecular flexibility index (Phi) is 11.4. The molecular formula is C30H41F3N6O6. The van der Waals surface area contributed by atoms with Crippen LogP contribution >= 0.6 is 0 Å². The lowest BCUT2D eigenvalue weighted by atomic mass is 9.89. The summed E-state index contributed by atoms with van der Waals surface area (Å²) >= 11 is 0. The standard InChI is InChI=1S/C30H41F3N6O6/c1-29(2,3)26(27(41)42)44-17-4-16-43-18-13-34-25(40)19-45-22-7-5-20(6-8-22)21-11-14-38(15-12-21)24-10-9-23-35-36-28(30(31,32)33)39(23)37-24/h5-8,21,26H,4,9-19H2,1-3H3,(H,34,40)(H,41,42). The van der Waals surface area contributed by atoms with Gasteiger partial charge in [-0.05, 0) is 48.3 Å². The van der Waals surface area contributed by atoms with Crippen molar-refractivity contribution < 1.29 is 42.1 Å². The number of hydrogen-bond acceptors (Lipinski definition) is 9. The maximum atomic E-state index is 13.2. The van der Waals surface area contributed by atoms with Crippen molar-refractivity contribution in [3.05, 3.63) is 41.5 Å². The van der Waals surface area contributed by atoms with Crippen LogP contribution in [0.5, 0.6) is 5.75 Å². The Hall–Kier alpha value is -3.72. The number of alkyl halides is 3. The van der Waals surface area contributed by atoms with Crippen LogP contribution in [0.15, 0.2) is 29.4 Å². The fourth-order valence-corrected chi connectivity index (χ4v) is 5.29. The smallest absolute Gasteiger partial charge is 0.453 e. The number of carboxylic acid groups (broad SMARTS) is 1. The molecule has 1 fully saturated rings. The minimum atomic E-state index is -4.61. The van der Waals surface area contributed by atoms with E-state index in [-0.39, 0.29) is 24.9 Å². The number of fused-ring (bicyclic) bond motifs is 1. The fraction of sp³-hybridized carbons (Fsp3) is 0.633. The van der Waals surface area contributed by atoms with Gasteiger partial charge in [0.05, 0.1) is 6.61 Å². The molecule has 1 amide bonds. The lowest BCUT2D eigenvalue weighted by Gasteiger charge is -2.35. The molecule has 1 aromatic carbocycles. The number of nitrogens with one attached hydrogen (secondary N) is 1. The van der Waals surface area contributed by atoms with Gasteiger partial charge >= 0.3 is 12.1 Å². The normalized spacial score (nSPS) is 16.6. The van der Waals surface area contributed by atoms with E-state index in [1.807, 2.05) is 49.9 Å². The van der Waals surface area contributed by atoms with Crippen LogP contribution in [-0.2, 0) is 31.7 Å². The monoisotopic (exact) mass is 638 g/mol. The molecule has 2 aliphatic heterocycles. The molecule has 0 bridgehead atoms. The zero-order valence-corrected chi connectivity index (χ0v) is 25.8. The van der Waals surface area contributed by atoms with Crippen LogP contribution in [0.2, 0.25) is 0 Å². The summed E-state index contributed by atoms with van der Waals surface area (Å²) in [6.45, 7) is 7.93. The van der Waals surface area contributed by atoms with Gasteiger partial charge in [-0.1, -0.05) is 32.9 Å². The number of rotatable bonds is 13. The number of aryl methyl sites for hydroxylation is 1. The van der Waals surface area contributed by atoms with Gasteiger partial charge in [0.15, 0.2) is 18.5 Å². The number of aliphatic carboxylic acids is 1. The van der Waals surface area contributed by atoms with E-state index in [1.165, 1.54) is 0 Å². The zero-order chi connectivity index (χ0) is 32.6. The quantitative estimate of drug-likeness (QED) is 0.314. The van der Waals surface area contributed by atoms with Crippen molar-refractivity contribution in [2.45, 2.75) is 71.1 Å². The predicted molar refractivity (Wildman–Crippen MR) is 157 cm³/mol. The van der Waals surface area contributed by atoms with Gasteiger partial charge in [0.25, 0.3) is 11.7 Å². The Labute approximate surface area is 259 Å². The van der Waals surface area contributed by atoms with Crippen molar-refractivity contribution in [3.8, 4) is 5.75 Å². The molecule has 1 atom stereocenters. The Morgan fingerprint density at radius 1 is 1.04 bits per heavy atom. The third-order valence-corrected chi connectivity index (χ3v) is 7.62. The molecule has 1 aromatic heterocycles. The van der Waals surface area contributed by atoms with Crippen molar-refractivity contribution >= 4 is 17.7 Å². The molecule has 15 heteroatoms. The molecule has 0 spiro atoms. The van der Waals surface area contributed by atoms with Crippen molar-refractivity contribution in [3.63, 3.8) is 0 Å². The number of amides is 1. The number of halogens is 3. The highest BCUT2D eigenvalue weighted by Gasteiger charge is 2.40. The molecule has 0 saturated carbocycles. The number of likely N-dealkylation sites (tertiary alicyclic amines) is 1. The second-order valence-corrected chi connectivity index (χ2v) is 12.2. The van der Waals surface area contributed by atoms with Gasteiger partial charge < -0.3 is 29.5 Å². The van der Waals surface area contributed by atoms with Crippen LogP contribution in [-0.4, -0.2) is 94.8 Å². The van der Waals surface area contributed by atoms with Crippen LogP contribution in [0, 0.1) is 5.41 Å². The number of ether oxygens (including phenoxy) is 3. The highest BCUT2D eigenvalue weighted by Crippen LogP contribution is 2.32. The average Bonchev–Trinajstić information content (AvgIpc) is 3.43. The third kappa shape index (κ3) is 9.63. The van der Waals surface area contributed by atoms with Crippen molar-refractivity contribution in [1.29, 1.82) is 0 Å². The Balaban J connectivity index is 1.11. The van der Waals surface area contributed by atoms with Gasteiger partial charge in [0.2, 0.25) is 0 Å². The minimum absolute atomic E-state index is 0.138. The lowest BCUT2D eigenvalue weighted by molar-refractivity contribution is -0.158. The number of carbonyl (C=O) groups is 2. The number of amidine groups is 1. The third-order valence-electron chi connectivity index (χ3n) is 7.62. The summed E-state index contributed by atoms with van der Waals surface area (Å²) in [5.74, 6) is -0.656. The van der Waals surface area contributed by atoms with Crippen LogP contribution in [0.3, 0.4) is 0 Å². The van der Waals surface area contributed by atoms with Gasteiger partial charge in [-0.3, -0.25) is 4.79 Å². The molecule has 2 N–H and O–H groups in total. The van der Waals surface area contributed by atoms with E-state index in [0.717, 1.165) is 23.1 Å². The van der Waals surface area contributed by atoms with Gasteiger partial charge in [-0.25, -0.2) is 4.79 Å². The average molecular weight is 639 g/mol. The maximum absolute atomic E-state index is 13.2. The highest BCUT2D eigenvalue weighted by atomic mass is 19.4. The Morgan fingerprint density at radius 3 is 2.40 bits per heavy atom. The van der Waals surface area contributed by atoms with E-state index >= 15 is 0 Å². The Bertz CT molecular complexity index is 1320. The second-order valence-electron chi connectivity index (χ2n) is 12.2. The second kappa shape index (κ2) is 15.0. The molecule has 1 unspecified atom stereocenters. The van der Waals surface area contributed by atoms with Gasteiger partial charge in [-0.15, -0.1) is 10.2 Å². The first kappa shape index (κ1) is 34.2. The molecule has 45 heavy (non-hydrogen) atoms. The first-order chi connectivity index (χ1) is 21.3. The van der Waals surface area contributed by atoms with Gasteiger partial charge in [0, 0.05) is 45.7 Å². The summed E-state index contributed by atoms with van der Waals surface area (Å²) in [5.41, 5.74) is 0.632. The van der Waals surface area contributed by atoms with E-state index in [4.69, 9.17) is 14.2 Å². The molecule has 0 aliphatic carbocycles. The first-order valence-corrected chi connectivity index (χ1v) is 15.1. The molecular weight excluding hydrogens is 597 g/mol. The number of piperidine rings is 1. The topological polar surface area (TPSA) is 140 Å². The van der Waals surface area contributed by atoms with Gasteiger partial charge in [0.1, 0.15) is 11.6 Å². The Morgan fingerprint density at radius 2 is 1.76 bits per heavy atom. The molecule has 3 heterocycles. The molecule has 4 rings (SSSR count). The summed E-state index contributed by atoms with van der Waals surface area (Å²) in [6.07, 6.45) is -2.41. The molecule has 12 nitrogen and oxygen atoms in total. The number of nitrogens with zero attached hydrogens (tertiary/aromatic N) is 5. The summed E-state index contributed by atoms with van der Waals surface area (Å²) in [7, 11) is 0. The summed E-state index contributed by atoms with van der Waals surface area (Å²) in [6, 6.07) is 7.60. The van der Waals surface area contributed by atoms with E-state index in [9.17, 15) is 27.9 Å². The number of hydrogen-bond donors (Lipinski definition) is 2. The fourth-order valence-electron chi connectivity index (χ4n) is 5.29. The van der Waals surface area contributed by atoms with E-state index in [2.05, 4.69) is 20.6 Å². The number of aromatic nitrogens is 3. The summed E-state index contributed by atoms with van der Waals surface area (Å²) in [5, 5.41) is 23.1. The SMILES string of the molecule is CC(C)(C)C(OCCCOCCNC(=O)COc1ccc(C2CCN(C3=Nn4c(nnc4C(F)(F)F)CC3)CC2)cc1)C(=O)O. The minimum Gasteiger partial charge on any atom is -0.484 e. The van der Waals surface area contributed by atoms with Gasteiger partial charge in [-0.2, -0.15) is 22.9 Å². The molecule has 2 aromatic rings. The molecule has 248 valence electrons. The maximum Gasteiger partial charge on any atom is 0.453 e. The molecule has 1 saturated heterocycles. The number of benzene rings is 1.